The average molecular weight is 303 g/mol. The van der Waals surface area contributed by atoms with Crippen molar-refractivity contribution in [3.63, 3.8) is 0 Å². The number of carbonyl (C=O) groups excluding carboxylic acids is 1. The van der Waals surface area contributed by atoms with Crippen LogP contribution >= 0.6 is 11.3 Å². The summed E-state index contributed by atoms with van der Waals surface area (Å²) in [6.45, 7) is 3.93. The SMILES string of the molecule is Cc1ccc(C)c(OCC(=O)Nc2nnc(C3CC3)s2)c1. The molecule has 1 aromatic heterocycles. The van der Waals surface area contributed by atoms with E-state index in [1.807, 2.05) is 32.0 Å². The molecule has 0 saturated heterocycles. The third-order valence-corrected chi connectivity index (χ3v) is 4.32. The number of aryl methyl sites for hydroxylation is 2. The second kappa shape index (κ2) is 5.81. The molecule has 5 nitrogen and oxygen atoms in total. The monoisotopic (exact) mass is 303 g/mol. The number of anilines is 1. The molecule has 0 atom stereocenters. The van der Waals surface area contributed by atoms with E-state index < -0.39 is 0 Å². The minimum Gasteiger partial charge on any atom is -0.483 e. The lowest BCUT2D eigenvalue weighted by molar-refractivity contribution is -0.118. The van der Waals surface area contributed by atoms with Crippen LogP contribution < -0.4 is 10.1 Å². The Kier molecular flexibility index (Phi) is 3.88. The Hall–Kier alpha value is -1.95. The van der Waals surface area contributed by atoms with Crippen LogP contribution in [-0.4, -0.2) is 22.7 Å². The van der Waals surface area contributed by atoms with Crippen molar-refractivity contribution in [1.82, 2.24) is 10.2 Å². The van der Waals surface area contributed by atoms with Crippen LogP contribution in [0.25, 0.3) is 0 Å². The van der Waals surface area contributed by atoms with E-state index in [4.69, 9.17) is 4.74 Å². The molecule has 1 saturated carbocycles. The van der Waals surface area contributed by atoms with Crippen molar-refractivity contribution in [2.24, 2.45) is 0 Å². The zero-order chi connectivity index (χ0) is 14.8. The van der Waals surface area contributed by atoms with Crippen molar-refractivity contribution >= 4 is 22.4 Å². The molecular formula is C15H17N3O2S. The van der Waals surface area contributed by atoms with Crippen molar-refractivity contribution in [3.8, 4) is 5.75 Å². The fourth-order valence-electron chi connectivity index (χ4n) is 1.94. The Morgan fingerprint density at radius 2 is 2.19 bits per heavy atom. The van der Waals surface area contributed by atoms with Gasteiger partial charge < -0.3 is 4.74 Å². The number of hydrogen-bond acceptors (Lipinski definition) is 5. The summed E-state index contributed by atoms with van der Waals surface area (Å²) in [5.74, 6) is 1.08. The van der Waals surface area contributed by atoms with Gasteiger partial charge in [-0.1, -0.05) is 23.5 Å². The molecule has 6 heteroatoms. The molecule has 0 bridgehead atoms. The summed E-state index contributed by atoms with van der Waals surface area (Å²) >= 11 is 1.45. The molecule has 0 spiro atoms. The number of ether oxygens (including phenoxy) is 1. The minimum atomic E-state index is -0.214. The number of hydrogen-bond donors (Lipinski definition) is 1. The molecule has 1 aliphatic carbocycles. The topological polar surface area (TPSA) is 64.1 Å². The van der Waals surface area contributed by atoms with E-state index in [0.717, 1.165) is 21.9 Å². The van der Waals surface area contributed by atoms with Gasteiger partial charge in [0.2, 0.25) is 5.13 Å². The van der Waals surface area contributed by atoms with Crippen LogP contribution in [0.3, 0.4) is 0 Å². The van der Waals surface area contributed by atoms with Gasteiger partial charge in [-0.15, -0.1) is 10.2 Å². The number of benzene rings is 1. The van der Waals surface area contributed by atoms with Gasteiger partial charge in [-0.05, 0) is 43.9 Å². The highest BCUT2D eigenvalue weighted by Gasteiger charge is 2.27. The minimum absolute atomic E-state index is 0.0252. The Morgan fingerprint density at radius 1 is 1.38 bits per heavy atom. The number of amides is 1. The molecule has 0 radical (unpaired) electrons. The van der Waals surface area contributed by atoms with E-state index in [0.29, 0.717) is 11.0 Å². The highest BCUT2D eigenvalue weighted by Crippen LogP contribution is 2.41. The quantitative estimate of drug-likeness (QED) is 0.922. The van der Waals surface area contributed by atoms with Crippen LogP contribution in [0.4, 0.5) is 5.13 Å². The third kappa shape index (κ3) is 3.58. The molecule has 1 aliphatic rings. The van der Waals surface area contributed by atoms with Crippen molar-refractivity contribution in [2.45, 2.75) is 32.6 Å². The van der Waals surface area contributed by atoms with E-state index in [1.165, 1.54) is 24.2 Å². The van der Waals surface area contributed by atoms with Gasteiger partial charge in [-0.25, -0.2) is 0 Å². The van der Waals surface area contributed by atoms with E-state index in [2.05, 4.69) is 15.5 Å². The van der Waals surface area contributed by atoms with Crippen LogP contribution in [0, 0.1) is 13.8 Å². The molecule has 0 aliphatic heterocycles. The van der Waals surface area contributed by atoms with Gasteiger partial charge in [0.15, 0.2) is 6.61 Å². The number of nitrogens with one attached hydrogen (secondary N) is 1. The number of rotatable bonds is 5. The molecule has 0 unspecified atom stereocenters. The number of nitrogens with zero attached hydrogens (tertiary/aromatic N) is 2. The molecule has 21 heavy (non-hydrogen) atoms. The predicted octanol–water partition coefficient (Wildman–Crippen LogP) is 3.05. The lowest BCUT2D eigenvalue weighted by Gasteiger charge is -2.09. The van der Waals surface area contributed by atoms with Gasteiger partial charge in [-0.2, -0.15) is 0 Å². The normalized spacial score (nSPS) is 14.0. The Balaban J connectivity index is 1.54. The Bertz CT molecular complexity index is 665. The molecule has 1 amide bonds. The molecule has 2 aromatic rings. The van der Waals surface area contributed by atoms with Crippen LogP contribution in [0.1, 0.15) is 34.9 Å². The highest BCUT2D eigenvalue weighted by molar-refractivity contribution is 7.15. The van der Waals surface area contributed by atoms with Gasteiger partial charge in [0.1, 0.15) is 10.8 Å². The largest absolute Gasteiger partial charge is 0.483 e. The maximum Gasteiger partial charge on any atom is 0.264 e. The summed E-state index contributed by atoms with van der Waals surface area (Å²) in [5.41, 5.74) is 2.12. The van der Waals surface area contributed by atoms with Gasteiger partial charge >= 0.3 is 0 Å². The molecule has 1 fully saturated rings. The van der Waals surface area contributed by atoms with Crippen LogP contribution in [0.5, 0.6) is 5.75 Å². The lowest BCUT2D eigenvalue weighted by atomic mass is 10.1. The van der Waals surface area contributed by atoms with Gasteiger partial charge in [-0.3, -0.25) is 10.1 Å². The Labute approximate surface area is 127 Å². The van der Waals surface area contributed by atoms with E-state index in [1.54, 1.807) is 0 Å². The molecule has 1 heterocycles. The smallest absolute Gasteiger partial charge is 0.264 e. The zero-order valence-electron chi connectivity index (χ0n) is 12.0. The van der Waals surface area contributed by atoms with Gasteiger partial charge in [0.25, 0.3) is 5.91 Å². The third-order valence-electron chi connectivity index (χ3n) is 3.32. The van der Waals surface area contributed by atoms with E-state index in [9.17, 15) is 4.79 Å². The van der Waals surface area contributed by atoms with Crippen LogP contribution in [0.2, 0.25) is 0 Å². The van der Waals surface area contributed by atoms with Crippen molar-refractivity contribution < 1.29 is 9.53 Å². The van der Waals surface area contributed by atoms with E-state index in [-0.39, 0.29) is 12.5 Å². The summed E-state index contributed by atoms with van der Waals surface area (Å²) in [6.07, 6.45) is 2.36. The lowest BCUT2D eigenvalue weighted by Crippen LogP contribution is -2.20. The highest BCUT2D eigenvalue weighted by atomic mass is 32.1. The first-order valence-electron chi connectivity index (χ1n) is 6.95. The first kappa shape index (κ1) is 14.0. The number of aromatic nitrogens is 2. The summed E-state index contributed by atoms with van der Waals surface area (Å²) in [5, 5.41) is 12.4. The summed E-state index contributed by atoms with van der Waals surface area (Å²) in [7, 11) is 0. The molecular weight excluding hydrogens is 286 g/mol. The maximum atomic E-state index is 11.9. The predicted molar refractivity (Wildman–Crippen MR) is 81.9 cm³/mol. The standard InChI is InChI=1S/C15H17N3O2S/c1-9-3-4-10(2)12(7-9)20-8-13(19)16-15-18-17-14(21-15)11-5-6-11/h3-4,7,11H,5-6,8H2,1-2H3,(H,16,18,19). The zero-order valence-corrected chi connectivity index (χ0v) is 12.9. The van der Waals surface area contributed by atoms with E-state index >= 15 is 0 Å². The van der Waals surface area contributed by atoms with Crippen molar-refractivity contribution in [2.75, 3.05) is 11.9 Å². The van der Waals surface area contributed by atoms with Gasteiger partial charge in [0, 0.05) is 5.92 Å². The molecule has 1 N–H and O–H groups in total. The molecule has 110 valence electrons. The first-order chi connectivity index (χ1) is 10.1. The first-order valence-corrected chi connectivity index (χ1v) is 7.77. The summed E-state index contributed by atoms with van der Waals surface area (Å²) in [6, 6.07) is 5.93. The average Bonchev–Trinajstić information content (AvgIpc) is 3.21. The van der Waals surface area contributed by atoms with Crippen molar-refractivity contribution in [1.29, 1.82) is 0 Å². The number of carbonyl (C=O) groups is 1. The summed E-state index contributed by atoms with van der Waals surface area (Å²) < 4.78 is 5.56. The maximum absolute atomic E-state index is 11.9. The fraction of sp³-hybridized carbons (Fsp3) is 0.400. The second-order valence-corrected chi connectivity index (χ2v) is 6.33. The molecule has 3 rings (SSSR count). The summed E-state index contributed by atoms with van der Waals surface area (Å²) in [4.78, 5) is 11.9. The molecule has 1 aromatic carbocycles. The van der Waals surface area contributed by atoms with Gasteiger partial charge in [0.05, 0.1) is 0 Å². The fourth-order valence-corrected chi connectivity index (χ4v) is 2.87. The second-order valence-electron chi connectivity index (χ2n) is 5.33. The van der Waals surface area contributed by atoms with Crippen LogP contribution in [0.15, 0.2) is 18.2 Å². The van der Waals surface area contributed by atoms with Crippen molar-refractivity contribution in [3.05, 3.63) is 34.3 Å². The van der Waals surface area contributed by atoms with Crippen LogP contribution in [-0.2, 0) is 4.79 Å². The Morgan fingerprint density at radius 3 is 2.95 bits per heavy atom.